The van der Waals surface area contributed by atoms with E-state index in [1.54, 1.807) is 12.1 Å². The molecule has 26 heavy (non-hydrogen) atoms. The molecule has 2 unspecified atom stereocenters. The predicted molar refractivity (Wildman–Crippen MR) is 92.3 cm³/mol. The molecule has 0 spiro atoms. The molecule has 0 heterocycles. The Morgan fingerprint density at radius 1 is 1.00 bits per heavy atom. The van der Waals surface area contributed by atoms with Gasteiger partial charge in [-0.25, -0.2) is 14.5 Å². The Kier molecular flexibility index (Phi) is 6.85. The SMILES string of the molecule is COc1ccc(C(=O)OOOC(=O)OC2CCCCC2C(C)(C)C)cc1. The van der Waals surface area contributed by atoms with Crippen LogP contribution in [0.15, 0.2) is 24.3 Å². The van der Waals surface area contributed by atoms with Crippen LogP contribution in [0.2, 0.25) is 0 Å². The predicted octanol–water partition coefficient (Wildman–Crippen LogP) is 4.46. The summed E-state index contributed by atoms with van der Waals surface area (Å²) >= 11 is 0. The van der Waals surface area contributed by atoms with Crippen molar-refractivity contribution >= 4 is 12.1 Å². The third-order valence-electron chi connectivity index (χ3n) is 4.60. The van der Waals surface area contributed by atoms with Crippen molar-refractivity contribution < 1.29 is 33.9 Å². The van der Waals surface area contributed by atoms with Crippen LogP contribution < -0.4 is 4.74 Å². The molecule has 7 heteroatoms. The van der Waals surface area contributed by atoms with E-state index >= 15 is 0 Å². The minimum Gasteiger partial charge on any atom is -0.497 e. The summed E-state index contributed by atoms with van der Waals surface area (Å²) in [4.78, 5) is 32.5. The third kappa shape index (κ3) is 5.62. The van der Waals surface area contributed by atoms with E-state index in [0.29, 0.717) is 5.75 Å². The number of carbonyl (C=O) groups is 2. The van der Waals surface area contributed by atoms with Crippen LogP contribution in [0, 0.1) is 11.3 Å². The molecule has 1 fully saturated rings. The Balaban J connectivity index is 1.78. The molecule has 144 valence electrons. The summed E-state index contributed by atoms with van der Waals surface area (Å²) in [5, 5.41) is 4.28. The first-order valence-corrected chi connectivity index (χ1v) is 8.71. The van der Waals surface area contributed by atoms with Crippen molar-refractivity contribution in [2.45, 2.75) is 52.6 Å². The number of rotatable bonds is 5. The molecule has 1 aliphatic carbocycles. The van der Waals surface area contributed by atoms with Gasteiger partial charge in [0, 0.05) is 5.92 Å². The zero-order chi connectivity index (χ0) is 19.2. The summed E-state index contributed by atoms with van der Waals surface area (Å²) < 4.78 is 10.4. The normalized spacial score (nSPS) is 20.2. The molecule has 0 bridgehead atoms. The van der Waals surface area contributed by atoms with Crippen molar-refractivity contribution in [1.29, 1.82) is 0 Å². The summed E-state index contributed by atoms with van der Waals surface area (Å²) in [6, 6.07) is 6.19. The van der Waals surface area contributed by atoms with Gasteiger partial charge in [0.15, 0.2) is 0 Å². The number of ether oxygens (including phenoxy) is 2. The van der Waals surface area contributed by atoms with E-state index in [9.17, 15) is 9.59 Å². The van der Waals surface area contributed by atoms with Crippen molar-refractivity contribution in [3.63, 3.8) is 0 Å². The fourth-order valence-electron chi connectivity index (χ4n) is 3.22. The lowest BCUT2D eigenvalue weighted by Crippen LogP contribution is -2.38. The highest BCUT2D eigenvalue weighted by Crippen LogP contribution is 2.39. The van der Waals surface area contributed by atoms with Gasteiger partial charge in [0.2, 0.25) is 0 Å². The molecule has 2 atom stereocenters. The molecule has 1 aromatic carbocycles. The summed E-state index contributed by atoms with van der Waals surface area (Å²) in [5.41, 5.74) is 0.246. The van der Waals surface area contributed by atoms with Gasteiger partial charge in [-0.05, 0) is 48.9 Å². The maximum Gasteiger partial charge on any atom is 0.543 e. The van der Waals surface area contributed by atoms with E-state index in [2.05, 4.69) is 35.6 Å². The van der Waals surface area contributed by atoms with Gasteiger partial charge in [-0.15, -0.1) is 0 Å². The summed E-state index contributed by atoms with van der Waals surface area (Å²) in [6.07, 6.45) is 2.63. The molecule has 2 rings (SSSR count). The van der Waals surface area contributed by atoms with Gasteiger partial charge in [0.05, 0.1) is 17.7 Å². The number of methoxy groups -OCH3 is 1. The van der Waals surface area contributed by atoms with Gasteiger partial charge in [-0.3, -0.25) is 4.89 Å². The molecule has 0 N–H and O–H groups in total. The van der Waals surface area contributed by atoms with Gasteiger partial charge >= 0.3 is 12.1 Å². The van der Waals surface area contributed by atoms with Crippen LogP contribution in [0.25, 0.3) is 0 Å². The Labute approximate surface area is 153 Å². The molecule has 0 radical (unpaired) electrons. The Hall–Kier alpha value is -2.28. The second-order valence-corrected chi connectivity index (χ2v) is 7.41. The number of hydrogen-bond acceptors (Lipinski definition) is 7. The van der Waals surface area contributed by atoms with E-state index in [-0.39, 0.29) is 23.0 Å². The molecule has 0 aromatic heterocycles. The molecule has 0 saturated heterocycles. The number of benzene rings is 1. The molecule has 0 aliphatic heterocycles. The molecule has 1 saturated carbocycles. The van der Waals surface area contributed by atoms with E-state index in [1.165, 1.54) is 19.2 Å². The van der Waals surface area contributed by atoms with Crippen molar-refractivity contribution in [2.24, 2.45) is 11.3 Å². The van der Waals surface area contributed by atoms with Crippen molar-refractivity contribution in [1.82, 2.24) is 0 Å². The van der Waals surface area contributed by atoms with Gasteiger partial charge < -0.3 is 9.47 Å². The van der Waals surface area contributed by atoms with Gasteiger partial charge in [0.25, 0.3) is 0 Å². The maximum atomic E-state index is 11.8. The van der Waals surface area contributed by atoms with Crippen LogP contribution in [0.3, 0.4) is 0 Å². The fourth-order valence-corrected chi connectivity index (χ4v) is 3.22. The zero-order valence-corrected chi connectivity index (χ0v) is 15.7. The highest BCUT2D eigenvalue weighted by molar-refractivity contribution is 5.89. The van der Waals surface area contributed by atoms with Crippen molar-refractivity contribution in [3.8, 4) is 5.75 Å². The standard InChI is InChI=1S/C19H26O7/c1-19(2,3)15-7-5-6-8-16(15)23-18(21)25-26-24-17(20)13-9-11-14(22-4)12-10-13/h9-12,15-16H,5-8H2,1-4H3. The Morgan fingerprint density at radius 3 is 2.27 bits per heavy atom. The van der Waals surface area contributed by atoms with Gasteiger partial charge in [0.1, 0.15) is 11.9 Å². The van der Waals surface area contributed by atoms with E-state index in [4.69, 9.17) is 9.47 Å². The molecule has 0 amide bonds. The molecule has 1 aliphatic rings. The average molecular weight is 366 g/mol. The highest BCUT2D eigenvalue weighted by atomic mass is 17.5. The van der Waals surface area contributed by atoms with E-state index in [1.807, 2.05) is 0 Å². The molecular formula is C19H26O7. The lowest BCUT2D eigenvalue weighted by Gasteiger charge is -2.39. The lowest BCUT2D eigenvalue weighted by atomic mass is 9.71. The Morgan fingerprint density at radius 2 is 1.65 bits per heavy atom. The van der Waals surface area contributed by atoms with E-state index < -0.39 is 12.1 Å². The van der Waals surface area contributed by atoms with Gasteiger partial charge in [-0.2, -0.15) is 0 Å². The molecular weight excluding hydrogens is 340 g/mol. The molecule has 7 nitrogen and oxygen atoms in total. The first-order valence-electron chi connectivity index (χ1n) is 8.71. The quantitative estimate of drug-likeness (QED) is 0.432. The monoisotopic (exact) mass is 366 g/mol. The largest absolute Gasteiger partial charge is 0.543 e. The van der Waals surface area contributed by atoms with Crippen LogP contribution in [-0.4, -0.2) is 25.3 Å². The first-order chi connectivity index (χ1) is 12.3. The molecule has 1 aromatic rings. The van der Waals surface area contributed by atoms with Gasteiger partial charge in [-0.1, -0.05) is 27.2 Å². The highest BCUT2D eigenvalue weighted by Gasteiger charge is 2.37. The van der Waals surface area contributed by atoms with Crippen LogP contribution >= 0.6 is 0 Å². The van der Waals surface area contributed by atoms with Crippen molar-refractivity contribution in [2.75, 3.05) is 7.11 Å². The van der Waals surface area contributed by atoms with Crippen molar-refractivity contribution in [3.05, 3.63) is 29.8 Å². The smallest absolute Gasteiger partial charge is 0.497 e. The summed E-state index contributed by atoms with van der Waals surface area (Å²) in [5.74, 6) is 0.0412. The maximum absolute atomic E-state index is 11.8. The minimum atomic E-state index is -1.02. The van der Waals surface area contributed by atoms with Crippen LogP contribution in [-0.2, 0) is 19.6 Å². The summed E-state index contributed by atoms with van der Waals surface area (Å²) in [6.45, 7) is 6.37. The second kappa shape index (κ2) is 8.89. The second-order valence-electron chi connectivity index (χ2n) is 7.41. The first kappa shape index (κ1) is 20.0. The fraction of sp³-hybridized carbons (Fsp3) is 0.579. The average Bonchev–Trinajstić information content (AvgIpc) is 2.61. The van der Waals surface area contributed by atoms with Crippen LogP contribution in [0.4, 0.5) is 4.79 Å². The Bertz CT molecular complexity index is 603. The van der Waals surface area contributed by atoms with Crippen LogP contribution in [0.1, 0.15) is 56.8 Å². The topological polar surface area (TPSA) is 80.3 Å². The lowest BCUT2D eigenvalue weighted by molar-refractivity contribution is -0.453. The van der Waals surface area contributed by atoms with Crippen LogP contribution in [0.5, 0.6) is 5.75 Å². The number of hydrogen-bond donors (Lipinski definition) is 0. The van der Waals surface area contributed by atoms with E-state index in [0.717, 1.165) is 25.7 Å². The zero-order valence-electron chi connectivity index (χ0n) is 15.7. The summed E-state index contributed by atoms with van der Waals surface area (Å²) in [7, 11) is 1.52. The minimum absolute atomic E-state index is 0.0209. The third-order valence-corrected chi connectivity index (χ3v) is 4.60. The number of carbonyl (C=O) groups excluding carboxylic acids is 2.